The minimum atomic E-state index is -4.43. The molecule has 0 aliphatic rings. The maximum absolute atomic E-state index is 12.5. The number of carbonyl (C=O) groups excluding carboxylic acids is 2. The van der Waals surface area contributed by atoms with Crippen molar-refractivity contribution in [2.75, 3.05) is 26.4 Å². The molecule has 0 aromatic heterocycles. The molecule has 0 aromatic rings. The normalized spacial score (nSPS) is 14.7. The fourth-order valence-electron chi connectivity index (χ4n) is 5.15. The van der Waals surface area contributed by atoms with Crippen molar-refractivity contribution in [1.29, 1.82) is 0 Å². The van der Waals surface area contributed by atoms with Crippen molar-refractivity contribution < 1.29 is 42.7 Å². The highest BCUT2D eigenvalue weighted by molar-refractivity contribution is 7.47. The van der Waals surface area contributed by atoms with Crippen LogP contribution >= 0.6 is 7.82 Å². The van der Waals surface area contributed by atoms with Gasteiger partial charge < -0.3 is 25.2 Å². The van der Waals surface area contributed by atoms with Gasteiger partial charge in [-0.1, -0.05) is 164 Å². The van der Waals surface area contributed by atoms with E-state index in [1.807, 2.05) is 12.2 Å². The summed E-state index contributed by atoms with van der Waals surface area (Å²) in [5.74, 6) is -1.12. The van der Waals surface area contributed by atoms with Gasteiger partial charge in [0.2, 0.25) is 0 Å². The van der Waals surface area contributed by atoms with Crippen LogP contribution in [0.5, 0.6) is 0 Å². The van der Waals surface area contributed by atoms with Gasteiger partial charge in [0, 0.05) is 19.4 Å². The topological polar surface area (TPSA) is 155 Å². The summed E-state index contributed by atoms with van der Waals surface area (Å²) in [4.78, 5) is 34.8. The van der Waals surface area contributed by atoms with Crippen molar-refractivity contribution in [2.45, 2.75) is 161 Å². The molecule has 2 unspecified atom stereocenters. The number of nitrogens with two attached hydrogens (primary N) is 1. The van der Waals surface area contributed by atoms with E-state index in [0.29, 0.717) is 6.42 Å². The van der Waals surface area contributed by atoms with Gasteiger partial charge in [-0.05, 0) is 44.9 Å². The van der Waals surface area contributed by atoms with Gasteiger partial charge in [0.15, 0.2) is 6.10 Å². The summed E-state index contributed by atoms with van der Waals surface area (Å²) >= 11 is 0. The summed E-state index contributed by atoms with van der Waals surface area (Å²) in [6.45, 7) is 3.32. The van der Waals surface area contributed by atoms with Gasteiger partial charge in [-0.2, -0.15) is 0 Å². The molecule has 0 aliphatic carbocycles. The van der Waals surface area contributed by atoms with Crippen LogP contribution in [-0.4, -0.2) is 60.5 Å². The molecule has 0 saturated carbocycles. The van der Waals surface area contributed by atoms with E-state index in [2.05, 4.69) is 62.5 Å². The highest BCUT2D eigenvalue weighted by atomic mass is 31.2. The van der Waals surface area contributed by atoms with E-state index in [0.717, 1.165) is 51.4 Å². The summed E-state index contributed by atoms with van der Waals surface area (Å²) < 4.78 is 32.5. The number of hydrogen-bond donors (Lipinski definition) is 3. The lowest BCUT2D eigenvalue weighted by Gasteiger charge is -2.20. The molecule has 0 saturated heterocycles. The largest absolute Gasteiger partial charge is 0.472 e. The van der Waals surface area contributed by atoms with E-state index in [1.54, 1.807) is 12.2 Å². The van der Waals surface area contributed by atoms with Crippen LogP contribution in [0.3, 0.4) is 0 Å². The molecule has 0 rings (SSSR count). The van der Waals surface area contributed by atoms with Crippen molar-refractivity contribution in [3.63, 3.8) is 0 Å². The highest BCUT2D eigenvalue weighted by Gasteiger charge is 2.26. The highest BCUT2D eigenvalue weighted by Crippen LogP contribution is 2.43. The average molecular weight is 780 g/mol. The molecule has 10 nitrogen and oxygen atoms in total. The van der Waals surface area contributed by atoms with E-state index < -0.39 is 38.6 Å². The number of allylic oxidation sites excluding steroid dienone is 11. The third kappa shape index (κ3) is 37.7. The van der Waals surface area contributed by atoms with Crippen LogP contribution in [0, 0.1) is 0 Å². The fraction of sp³-hybridized carbons (Fsp3) is 0.674. The van der Waals surface area contributed by atoms with Crippen molar-refractivity contribution in [2.24, 2.45) is 5.73 Å². The standard InChI is InChI=1S/C43H74NO9P/c1-3-5-7-9-11-13-15-17-18-19-21-22-24-26-28-30-32-40(45)34-35-42(46)50-38-41(39-52-54(48,49)51-37-36-44)53-43(47)33-31-29-27-25-23-20-16-14-12-10-8-6-4-2/h5,7,11,13,17-18,21-22,26,28,30,32,40-41,45H,3-4,6,8-10,12,14-16,19-20,23-25,27,29,31,33-39,44H2,1-2H3,(H,48,49)/b7-5-,13-11-,18-17-,22-21-,28-26-,32-30-/t40?,41-/m1/s1. The first-order valence-electron chi connectivity index (χ1n) is 20.5. The predicted octanol–water partition coefficient (Wildman–Crippen LogP) is 10.5. The van der Waals surface area contributed by atoms with E-state index >= 15 is 0 Å². The summed E-state index contributed by atoms with van der Waals surface area (Å²) in [5.41, 5.74) is 5.33. The molecule has 0 spiro atoms. The Labute approximate surface area is 327 Å². The molecule has 0 radical (unpaired) electrons. The van der Waals surface area contributed by atoms with Crippen LogP contribution in [0.4, 0.5) is 0 Å². The molecule has 11 heteroatoms. The Morgan fingerprint density at radius 1 is 0.648 bits per heavy atom. The molecule has 0 aliphatic heterocycles. The Kier molecular flexibility index (Phi) is 36.8. The van der Waals surface area contributed by atoms with Crippen LogP contribution in [0.15, 0.2) is 72.9 Å². The van der Waals surface area contributed by atoms with Crippen LogP contribution < -0.4 is 5.73 Å². The molecule has 0 amide bonds. The Morgan fingerprint density at radius 2 is 1.17 bits per heavy atom. The second-order valence-electron chi connectivity index (χ2n) is 13.3. The number of unbranched alkanes of at least 4 members (excludes halogenated alkanes) is 12. The quantitative estimate of drug-likeness (QED) is 0.0182. The fourth-order valence-corrected chi connectivity index (χ4v) is 5.92. The second kappa shape index (κ2) is 38.7. The number of phosphoric ester groups is 1. The minimum Gasteiger partial charge on any atom is -0.462 e. The van der Waals surface area contributed by atoms with Gasteiger partial charge in [-0.3, -0.25) is 18.6 Å². The number of aliphatic hydroxyl groups excluding tert-OH is 1. The third-order valence-electron chi connectivity index (χ3n) is 8.22. The van der Waals surface area contributed by atoms with Crippen molar-refractivity contribution >= 4 is 19.8 Å². The molecule has 0 aromatic carbocycles. The molecular weight excluding hydrogens is 705 g/mol. The second-order valence-corrected chi connectivity index (χ2v) is 14.8. The lowest BCUT2D eigenvalue weighted by molar-refractivity contribution is -0.161. The smallest absolute Gasteiger partial charge is 0.462 e. The van der Waals surface area contributed by atoms with E-state index in [1.165, 1.54) is 57.8 Å². The molecule has 310 valence electrons. The zero-order valence-electron chi connectivity index (χ0n) is 33.5. The molecule has 0 bridgehead atoms. The number of ether oxygens (including phenoxy) is 2. The van der Waals surface area contributed by atoms with Crippen molar-refractivity contribution in [1.82, 2.24) is 0 Å². The Bertz CT molecular complexity index is 1130. The minimum absolute atomic E-state index is 0.0203. The van der Waals surface area contributed by atoms with Gasteiger partial charge in [-0.15, -0.1) is 0 Å². The van der Waals surface area contributed by atoms with Crippen molar-refractivity contribution in [3.8, 4) is 0 Å². The van der Waals surface area contributed by atoms with E-state index in [4.69, 9.17) is 24.3 Å². The zero-order chi connectivity index (χ0) is 39.8. The summed E-state index contributed by atoms with van der Waals surface area (Å²) in [5, 5.41) is 10.2. The average Bonchev–Trinajstić information content (AvgIpc) is 3.15. The third-order valence-corrected chi connectivity index (χ3v) is 9.21. The van der Waals surface area contributed by atoms with Crippen molar-refractivity contribution in [3.05, 3.63) is 72.9 Å². The summed E-state index contributed by atoms with van der Waals surface area (Å²) in [6.07, 6.45) is 42.6. The molecule has 0 fully saturated rings. The van der Waals surface area contributed by atoms with Crippen LogP contribution in [0.2, 0.25) is 0 Å². The first-order chi connectivity index (χ1) is 26.2. The van der Waals surface area contributed by atoms with Crippen LogP contribution in [0.25, 0.3) is 0 Å². The van der Waals surface area contributed by atoms with Gasteiger partial charge in [-0.25, -0.2) is 4.57 Å². The van der Waals surface area contributed by atoms with Gasteiger partial charge in [0.05, 0.1) is 19.3 Å². The van der Waals surface area contributed by atoms with Crippen LogP contribution in [0.1, 0.15) is 149 Å². The monoisotopic (exact) mass is 780 g/mol. The zero-order valence-corrected chi connectivity index (χ0v) is 34.4. The van der Waals surface area contributed by atoms with E-state index in [-0.39, 0.29) is 39.0 Å². The molecule has 3 atom stereocenters. The maximum Gasteiger partial charge on any atom is 0.472 e. The maximum atomic E-state index is 12.5. The number of phosphoric acid groups is 1. The number of aliphatic hydroxyl groups is 1. The predicted molar refractivity (Wildman–Crippen MR) is 221 cm³/mol. The molecule has 54 heavy (non-hydrogen) atoms. The lowest BCUT2D eigenvalue weighted by atomic mass is 10.0. The Balaban J connectivity index is 4.43. The number of hydrogen-bond acceptors (Lipinski definition) is 9. The Morgan fingerprint density at radius 3 is 1.70 bits per heavy atom. The first-order valence-corrected chi connectivity index (χ1v) is 22.0. The lowest BCUT2D eigenvalue weighted by Crippen LogP contribution is -2.29. The number of carbonyl (C=O) groups is 2. The summed E-state index contributed by atoms with van der Waals surface area (Å²) in [6, 6.07) is 0. The van der Waals surface area contributed by atoms with Crippen LogP contribution in [-0.2, 0) is 32.7 Å². The van der Waals surface area contributed by atoms with Gasteiger partial charge >= 0.3 is 19.8 Å². The number of esters is 2. The first kappa shape index (κ1) is 51.4. The number of rotatable bonds is 37. The van der Waals surface area contributed by atoms with Gasteiger partial charge in [0.1, 0.15) is 6.61 Å². The molecule has 0 heterocycles. The van der Waals surface area contributed by atoms with Gasteiger partial charge in [0.25, 0.3) is 0 Å². The van der Waals surface area contributed by atoms with E-state index in [9.17, 15) is 24.2 Å². The molecular formula is C43H74NO9P. The SMILES string of the molecule is CC/C=C\C/C=C\C/C=C\C/C=C\C/C=C\C=C/C(O)CCC(=O)OC[C@H](COP(=O)(O)OCCN)OC(=O)CCCCCCCCCCCCCCC. The molecule has 4 N–H and O–H groups in total. The summed E-state index contributed by atoms with van der Waals surface area (Å²) in [7, 11) is -4.43. The Hall–Kier alpha value is -2.59.